The van der Waals surface area contributed by atoms with E-state index in [1.807, 2.05) is 0 Å². The zero-order valence-corrected chi connectivity index (χ0v) is 13.0. The summed E-state index contributed by atoms with van der Waals surface area (Å²) in [7, 11) is 0. The summed E-state index contributed by atoms with van der Waals surface area (Å²) < 4.78 is 29.6. The summed E-state index contributed by atoms with van der Waals surface area (Å²) in [5, 5.41) is 2.66. The molecule has 0 bridgehead atoms. The van der Waals surface area contributed by atoms with Crippen LogP contribution in [0.4, 0.5) is 13.6 Å². The topological polar surface area (TPSA) is 64.3 Å². The molecule has 0 saturated carbocycles. The van der Waals surface area contributed by atoms with E-state index >= 15 is 0 Å². The minimum Gasteiger partial charge on any atom is -0.444 e. The van der Waals surface area contributed by atoms with Gasteiger partial charge in [0.25, 0.3) is 5.76 Å². The maximum Gasteiger partial charge on any atom is 0.408 e. The molecule has 0 aliphatic rings. The van der Waals surface area contributed by atoms with Crippen LogP contribution in [0.25, 0.3) is 0 Å². The number of nitrogens with two attached hydrogens (primary N) is 1. The Morgan fingerprint density at radius 3 is 2.33 bits per heavy atom. The van der Waals surface area contributed by atoms with Gasteiger partial charge in [0.1, 0.15) is 5.60 Å². The summed E-state index contributed by atoms with van der Waals surface area (Å²) in [6, 6.07) is 6.06. The van der Waals surface area contributed by atoms with Crippen molar-refractivity contribution in [1.82, 2.24) is 5.32 Å². The van der Waals surface area contributed by atoms with Gasteiger partial charge >= 0.3 is 6.09 Å². The zero-order valence-electron chi connectivity index (χ0n) is 12.2. The molecule has 0 aliphatic heterocycles. The van der Waals surface area contributed by atoms with E-state index in [1.165, 1.54) is 0 Å². The average Bonchev–Trinajstić information content (AvgIpc) is 2.34. The molecule has 0 fully saturated rings. The number of ether oxygens (including phenoxy) is 1. The fourth-order valence-corrected chi connectivity index (χ4v) is 2.11. The summed E-state index contributed by atoms with van der Waals surface area (Å²) in [5.41, 5.74) is 5.78. The molecular formula is C14H20F2N2O2S. The van der Waals surface area contributed by atoms with E-state index in [4.69, 9.17) is 10.5 Å². The third-order valence-corrected chi connectivity index (χ3v) is 3.16. The Bertz CT molecular complexity index is 461. The highest BCUT2D eigenvalue weighted by Gasteiger charge is 2.19. The first-order chi connectivity index (χ1) is 9.71. The van der Waals surface area contributed by atoms with Gasteiger partial charge in [0.05, 0.1) is 6.04 Å². The van der Waals surface area contributed by atoms with E-state index in [0.717, 1.165) is 5.56 Å². The van der Waals surface area contributed by atoms with Crippen molar-refractivity contribution in [2.75, 3.05) is 6.54 Å². The molecule has 1 rings (SSSR count). The van der Waals surface area contributed by atoms with Crippen LogP contribution in [-0.2, 0) is 4.74 Å². The van der Waals surface area contributed by atoms with Gasteiger partial charge in [0, 0.05) is 11.4 Å². The first-order valence-corrected chi connectivity index (χ1v) is 7.33. The Hall–Kier alpha value is -1.34. The van der Waals surface area contributed by atoms with Crippen LogP contribution in [0.1, 0.15) is 32.4 Å². The molecule has 0 aliphatic carbocycles. The third kappa shape index (κ3) is 6.77. The molecule has 0 radical (unpaired) electrons. The Kier molecular flexibility index (Phi) is 6.42. The number of halogens is 2. The van der Waals surface area contributed by atoms with Crippen molar-refractivity contribution >= 4 is 17.9 Å². The standard InChI is InChI=1S/C14H20F2N2O2S/c1-14(2,3)20-13(19)18-11(8-17)9-4-6-10(7-5-9)21-12(15)16/h4-7,11-12H,8,17H2,1-3H3,(H,18,19). The lowest BCUT2D eigenvalue weighted by molar-refractivity contribution is 0.0505. The number of thioether (sulfide) groups is 1. The van der Waals surface area contributed by atoms with Crippen molar-refractivity contribution in [3.05, 3.63) is 29.8 Å². The zero-order chi connectivity index (χ0) is 16.0. The summed E-state index contributed by atoms with van der Waals surface area (Å²) >= 11 is 0.472. The molecule has 7 heteroatoms. The summed E-state index contributed by atoms with van der Waals surface area (Å²) in [6.07, 6.45) is -0.566. The van der Waals surface area contributed by atoms with Crippen LogP contribution in [0.5, 0.6) is 0 Å². The van der Waals surface area contributed by atoms with Gasteiger partial charge in [-0.25, -0.2) is 4.79 Å². The lowest BCUT2D eigenvalue weighted by Crippen LogP contribution is -2.37. The molecule has 0 heterocycles. The van der Waals surface area contributed by atoms with Gasteiger partial charge in [0.15, 0.2) is 0 Å². The summed E-state index contributed by atoms with van der Waals surface area (Å²) in [4.78, 5) is 12.2. The first kappa shape index (κ1) is 17.7. The minimum absolute atomic E-state index is 0.181. The normalized spacial score (nSPS) is 13.1. The third-order valence-electron chi connectivity index (χ3n) is 2.43. The highest BCUT2D eigenvalue weighted by molar-refractivity contribution is 7.99. The van der Waals surface area contributed by atoms with Crippen molar-refractivity contribution < 1.29 is 18.3 Å². The number of alkyl halides is 2. The van der Waals surface area contributed by atoms with Crippen LogP contribution in [0.3, 0.4) is 0 Å². The maximum absolute atomic E-state index is 12.2. The fraction of sp³-hybridized carbons (Fsp3) is 0.500. The minimum atomic E-state index is -2.46. The highest BCUT2D eigenvalue weighted by Crippen LogP contribution is 2.26. The smallest absolute Gasteiger partial charge is 0.408 e. The lowest BCUT2D eigenvalue weighted by Gasteiger charge is -2.23. The Morgan fingerprint density at radius 1 is 1.33 bits per heavy atom. The maximum atomic E-state index is 12.2. The van der Waals surface area contributed by atoms with Gasteiger partial charge in [-0.15, -0.1) is 0 Å². The van der Waals surface area contributed by atoms with Crippen LogP contribution < -0.4 is 11.1 Å². The van der Waals surface area contributed by atoms with Crippen molar-refractivity contribution in [3.8, 4) is 0 Å². The Morgan fingerprint density at radius 2 is 1.90 bits per heavy atom. The fourth-order valence-electron chi connectivity index (χ4n) is 1.61. The Labute approximate surface area is 127 Å². The van der Waals surface area contributed by atoms with Crippen molar-refractivity contribution in [2.24, 2.45) is 5.73 Å². The van der Waals surface area contributed by atoms with E-state index in [2.05, 4.69) is 5.32 Å². The predicted octanol–water partition coefficient (Wildman–Crippen LogP) is 3.53. The molecule has 4 nitrogen and oxygen atoms in total. The largest absolute Gasteiger partial charge is 0.444 e. The molecule has 3 N–H and O–H groups in total. The number of benzene rings is 1. The van der Waals surface area contributed by atoms with Crippen LogP contribution in [-0.4, -0.2) is 24.0 Å². The molecular weight excluding hydrogens is 298 g/mol. The molecule has 1 aromatic carbocycles. The number of carbonyl (C=O) groups excluding carboxylic acids is 1. The number of carbonyl (C=O) groups is 1. The monoisotopic (exact) mass is 318 g/mol. The van der Waals surface area contributed by atoms with Gasteiger partial charge < -0.3 is 15.8 Å². The van der Waals surface area contributed by atoms with Crippen LogP contribution in [0.2, 0.25) is 0 Å². The molecule has 0 spiro atoms. The first-order valence-electron chi connectivity index (χ1n) is 6.45. The number of rotatable bonds is 5. The van der Waals surface area contributed by atoms with E-state index in [9.17, 15) is 13.6 Å². The van der Waals surface area contributed by atoms with E-state index in [0.29, 0.717) is 16.7 Å². The van der Waals surface area contributed by atoms with Crippen LogP contribution >= 0.6 is 11.8 Å². The van der Waals surface area contributed by atoms with Gasteiger partial charge in [-0.3, -0.25) is 0 Å². The number of amides is 1. The van der Waals surface area contributed by atoms with Gasteiger partial charge in [-0.1, -0.05) is 23.9 Å². The van der Waals surface area contributed by atoms with Gasteiger partial charge in [-0.2, -0.15) is 8.78 Å². The summed E-state index contributed by atoms with van der Waals surface area (Å²) in [6.45, 7) is 5.47. The van der Waals surface area contributed by atoms with Crippen molar-refractivity contribution in [1.29, 1.82) is 0 Å². The van der Waals surface area contributed by atoms with Gasteiger partial charge in [0.2, 0.25) is 0 Å². The molecule has 1 unspecified atom stereocenters. The van der Waals surface area contributed by atoms with Crippen LogP contribution in [0, 0.1) is 0 Å². The molecule has 118 valence electrons. The van der Waals surface area contributed by atoms with E-state index in [1.54, 1.807) is 45.0 Å². The molecule has 21 heavy (non-hydrogen) atoms. The predicted molar refractivity (Wildman–Crippen MR) is 79.5 cm³/mol. The molecule has 0 saturated heterocycles. The Balaban J connectivity index is 2.69. The number of hydrogen-bond donors (Lipinski definition) is 2. The van der Waals surface area contributed by atoms with E-state index < -0.39 is 23.5 Å². The SMILES string of the molecule is CC(C)(C)OC(=O)NC(CN)c1ccc(SC(F)F)cc1. The van der Waals surface area contributed by atoms with E-state index in [-0.39, 0.29) is 6.54 Å². The second-order valence-corrected chi connectivity index (χ2v) is 6.45. The molecule has 1 atom stereocenters. The van der Waals surface area contributed by atoms with Crippen molar-refractivity contribution in [3.63, 3.8) is 0 Å². The molecule has 1 aromatic rings. The summed E-state index contributed by atoms with van der Waals surface area (Å²) in [5.74, 6) is -2.46. The second kappa shape index (κ2) is 7.61. The van der Waals surface area contributed by atoms with Gasteiger partial charge in [-0.05, 0) is 38.5 Å². The van der Waals surface area contributed by atoms with Crippen molar-refractivity contribution in [2.45, 2.75) is 43.1 Å². The quantitative estimate of drug-likeness (QED) is 0.815. The molecule has 1 amide bonds. The number of nitrogens with one attached hydrogen (secondary N) is 1. The number of hydrogen-bond acceptors (Lipinski definition) is 4. The lowest BCUT2D eigenvalue weighted by atomic mass is 10.1. The average molecular weight is 318 g/mol. The van der Waals surface area contributed by atoms with Crippen LogP contribution in [0.15, 0.2) is 29.2 Å². The highest BCUT2D eigenvalue weighted by atomic mass is 32.2. The molecule has 0 aromatic heterocycles. The second-order valence-electron chi connectivity index (χ2n) is 5.38. The number of alkyl carbamates (subject to hydrolysis) is 1.